The largest absolute Gasteiger partial charge is 0.429 e. The highest BCUT2D eigenvalue weighted by atomic mass is 35.5. The van der Waals surface area contributed by atoms with Crippen LogP contribution in [0.25, 0.3) is 0 Å². The number of rotatable bonds is 3. The quantitative estimate of drug-likeness (QED) is 0.114. The van der Waals surface area contributed by atoms with Crippen molar-refractivity contribution in [1.29, 1.82) is 0 Å². The number of hydrogen-bond donors (Lipinski definition) is 1. The van der Waals surface area contributed by atoms with Gasteiger partial charge in [0.15, 0.2) is 0 Å². The van der Waals surface area contributed by atoms with E-state index >= 15 is 0 Å². The molecule has 0 saturated heterocycles. The minimum Gasteiger partial charge on any atom is -0.378 e. The molecule has 2 N–H and O–H groups in total. The summed E-state index contributed by atoms with van der Waals surface area (Å²) in [4.78, 5) is 13.2. The Morgan fingerprint density at radius 3 is 2.31 bits per heavy atom. The number of halogens is 5. The van der Waals surface area contributed by atoms with Crippen LogP contribution in [0.1, 0.15) is 0 Å². The van der Waals surface area contributed by atoms with Gasteiger partial charge in [-0.1, -0.05) is 14.1 Å². The smallest absolute Gasteiger partial charge is 0.378 e. The number of oxime groups is 1. The summed E-state index contributed by atoms with van der Waals surface area (Å²) >= 11 is 4.48. The summed E-state index contributed by atoms with van der Waals surface area (Å²) in [5.74, 6) is -1.90. The molecule has 0 spiro atoms. The fraction of sp³-hybridized carbons (Fsp3) is 0.333. The zero-order valence-corrected chi connectivity index (χ0v) is 6.43. The maximum atomic E-state index is 12.1. The molecule has 0 aromatic heterocycles. The third-order valence-electron chi connectivity index (χ3n) is 0.736. The molecule has 13 heavy (non-hydrogen) atoms. The van der Waals surface area contributed by atoms with Crippen molar-refractivity contribution in [3.63, 3.8) is 0 Å². The Morgan fingerprint density at radius 2 is 2.00 bits per heavy atom. The molecule has 0 aromatic rings. The van der Waals surface area contributed by atoms with Crippen molar-refractivity contribution in [1.82, 2.24) is 5.34 Å². The third-order valence-corrected chi connectivity index (χ3v) is 0.805. The van der Waals surface area contributed by atoms with Crippen LogP contribution in [-0.2, 0) is 4.84 Å². The van der Waals surface area contributed by atoms with Gasteiger partial charge in [0.1, 0.15) is 0 Å². The summed E-state index contributed by atoms with van der Waals surface area (Å²) in [5, 5.41) is -0.334. The number of alkyl halides is 2. The van der Waals surface area contributed by atoms with E-state index in [1.165, 1.54) is 0 Å². The molecule has 0 saturated carbocycles. The van der Waals surface area contributed by atoms with Crippen molar-refractivity contribution < 1.29 is 27.4 Å². The Bertz CT molecular complexity index is 233. The molecule has 0 aliphatic heterocycles. The van der Waals surface area contributed by atoms with E-state index in [0.29, 0.717) is 0 Å². The van der Waals surface area contributed by atoms with Crippen LogP contribution in [0, 0.1) is 0 Å². The van der Waals surface area contributed by atoms with Crippen LogP contribution in [0.3, 0.4) is 0 Å². The first kappa shape index (κ1) is 11.9. The molecule has 0 amide bonds. The number of hydrogen-bond acceptors (Lipinski definition) is 4. The predicted octanol–water partition coefficient (Wildman–Crippen LogP) is 1.30. The van der Waals surface area contributed by atoms with Crippen LogP contribution in [0.4, 0.5) is 22.5 Å². The first-order valence-corrected chi connectivity index (χ1v) is 2.86. The number of carbonyl (C=O) groups excluding carboxylic acids is 1. The van der Waals surface area contributed by atoms with Crippen molar-refractivity contribution in [3.05, 3.63) is 0 Å². The maximum absolute atomic E-state index is 12.1. The summed E-state index contributed by atoms with van der Waals surface area (Å²) in [6, 6.07) is -4.81. The Balaban J connectivity index is 4.48. The lowest BCUT2D eigenvalue weighted by Crippen LogP contribution is -2.44. The SMILES string of the molecule is N/C(=N\OC(=O)Cl)C(F)(F)N(F)F. The lowest BCUT2D eigenvalue weighted by molar-refractivity contribution is -0.298. The van der Waals surface area contributed by atoms with E-state index in [2.05, 4.69) is 27.3 Å². The number of amidine groups is 1. The van der Waals surface area contributed by atoms with Crippen molar-refractivity contribution in [2.45, 2.75) is 6.05 Å². The molecule has 0 aromatic carbocycles. The van der Waals surface area contributed by atoms with Crippen LogP contribution in [0.15, 0.2) is 5.16 Å². The van der Waals surface area contributed by atoms with Gasteiger partial charge in [0.2, 0.25) is 5.84 Å². The standard InChI is InChI=1S/C3H2ClF4N3O2/c4-2(12)13-10-1(9)3(5,6)11(7)8/h(H2,9,10). The molecule has 0 fully saturated rings. The van der Waals surface area contributed by atoms with Gasteiger partial charge in [-0.05, 0) is 0 Å². The molecule has 0 rings (SSSR count). The van der Waals surface area contributed by atoms with Crippen molar-refractivity contribution in [2.75, 3.05) is 0 Å². The molecule has 0 radical (unpaired) electrons. The minimum atomic E-state index is -4.81. The molecule has 0 aliphatic carbocycles. The van der Waals surface area contributed by atoms with Gasteiger partial charge in [-0.15, -0.1) is 0 Å². The van der Waals surface area contributed by atoms with Gasteiger partial charge in [-0.25, -0.2) is 4.79 Å². The number of carbonyl (C=O) groups is 1. The maximum Gasteiger partial charge on any atom is 0.429 e. The average molecular weight is 224 g/mol. The highest BCUT2D eigenvalue weighted by Crippen LogP contribution is 2.20. The second-order valence-electron chi connectivity index (χ2n) is 1.58. The fourth-order valence-corrected chi connectivity index (χ4v) is 0.261. The van der Waals surface area contributed by atoms with Gasteiger partial charge in [-0.3, -0.25) is 0 Å². The summed E-state index contributed by atoms with van der Waals surface area (Å²) in [5.41, 5.74) is 2.76. The molecule has 0 unspecified atom stereocenters. The van der Waals surface area contributed by atoms with E-state index in [1.54, 1.807) is 0 Å². The molecule has 10 heteroatoms. The predicted molar refractivity (Wildman–Crippen MR) is 33.0 cm³/mol. The topological polar surface area (TPSA) is 67.9 Å². The van der Waals surface area contributed by atoms with Gasteiger partial charge in [-0.2, -0.15) is 8.78 Å². The molecule has 0 bridgehead atoms. The Morgan fingerprint density at radius 1 is 1.54 bits per heavy atom. The Labute approximate surface area is 73.5 Å². The van der Waals surface area contributed by atoms with Gasteiger partial charge < -0.3 is 10.6 Å². The molecule has 0 aliphatic rings. The van der Waals surface area contributed by atoms with Gasteiger partial charge in [0.05, 0.1) is 5.34 Å². The average Bonchev–Trinajstić information content (AvgIpc) is 1.99. The molecular weight excluding hydrogens is 221 g/mol. The molecule has 0 atom stereocenters. The fourth-order valence-electron chi connectivity index (χ4n) is 0.227. The molecular formula is C3H2ClF4N3O2. The van der Waals surface area contributed by atoms with Crippen LogP contribution in [-0.4, -0.2) is 22.7 Å². The first-order valence-electron chi connectivity index (χ1n) is 2.48. The highest BCUT2D eigenvalue weighted by molar-refractivity contribution is 6.61. The second kappa shape index (κ2) is 4.23. The summed E-state index contributed by atoms with van der Waals surface area (Å²) in [6.07, 6.45) is 0. The summed E-state index contributed by atoms with van der Waals surface area (Å²) in [6.45, 7) is 0. The van der Waals surface area contributed by atoms with Gasteiger partial charge >= 0.3 is 11.5 Å². The lowest BCUT2D eigenvalue weighted by atomic mass is 10.5. The molecule has 5 nitrogen and oxygen atoms in total. The zero-order chi connectivity index (χ0) is 10.6. The summed E-state index contributed by atoms with van der Waals surface area (Å²) < 4.78 is 46.8. The number of nitrogens with two attached hydrogens (primary N) is 1. The Kier molecular flexibility index (Phi) is 3.88. The normalized spacial score (nSPS) is 13.2. The van der Waals surface area contributed by atoms with E-state index in [-0.39, 0.29) is 0 Å². The van der Waals surface area contributed by atoms with E-state index in [1.807, 2.05) is 0 Å². The van der Waals surface area contributed by atoms with Crippen LogP contribution in [0.5, 0.6) is 0 Å². The molecule has 76 valence electrons. The van der Waals surface area contributed by atoms with E-state index in [0.717, 1.165) is 0 Å². The summed E-state index contributed by atoms with van der Waals surface area (Å²) in [7, 11) is 0. The number of nitrogens with zero attached hydrogens (tertiary/aromatic N) is 2. The zero-order valence-electron chi connectivity index (χ0n) is 5.68. The van der Waals surface area contributed by atoms with Gasteiger partial charge in [0.25, 0.3) is 0 Å². The van der Waals surface area contributed by atoms with E-state index in [9.17, 15) is 22.5 Å². The lowest BCUT2D eigenvalue weighted by Gasteiger charge is -2.13. The van der Waals surface area contributed by atoms with E-state index in [4.69, 9.17) is 0 Å². The monoisotopic (exact) mass is 223 g/mol. The van der Waals surface area contributed by atoms with Crippen molar-refractivity contribution in [3.8, 4) is 0 Å². The van der Waals surface area contributed by atoms with Crippen molar-refractivity contribution >= 4 is 22.9 Å². The third kappa shape index (κ3) is 3.42. The minimum absolute atomic E-state index is 1.58. The van der Waals surface area contributed by atoms with Crippen LogP contribution >= 0.6 is 11.6 Å². The highest BCUT2D eigenvalue weighted by Gasteiger charge is 2.45. The molecule has 0 heterocycles. The van der Waals surface area contributed by atoms with E-state index < -0.39 is 22.7 Å². The van der Waals surface area contributed by atoms with Gasteiger partial charge in [0, 0.05) is 11.6 Å². The van der Waals surface area contributed by atoms with Crippen molar-refractivity contribution in [2.24, 2.45) is 10.9 Å². The van der Waals surface area contributed by atoms with Crippen LogP contribution in [0.2, 0.25) is 0 Å². The van der Waals surface area contributed by atoms with Crippen LogP contribution < -0.4 is 5.73 Å². The first-order chi connectivity index (χ1) is 5.78. The Hall–Kier alpha value is -1.09. The second-order valence-corrected chi connectivity index (χ2v) is 1.89.